The first-order valence-corrected chi connectivity index (χ1v) is 5.29. The van der Waals surface area contributed by atoms with Gasteiger partial charge in [-0.1, -0.05) is 29.8 Å². The fraction of sp³-hybridized carbons (Fsp3) is 0.364. The smallest absolute Gasteiger partial charge is 0.162 e. The molecule has 0 heterocycles. The van der Waals surface area contributed by atoms with Crippen molar-refractivity contribution < 1.29 is 4.79 Å². The second kappa shape index (κ2) is 4.56. The molecule has 0 saturated carbocycles. The second-order valence-electron chi connectivity index (χ2n) is 2.98. The zero-order valence-corrected chi connectivity index (χ0v) is 9.52. The molecular weight excluding hydrogens is 228 g/mol. The van der Waals surface area contributed by atoms with Crippen LogP contribution in [0.15, 0.2) is 22.7 Å². The topological polar surface area (TPSA) is 17.1 Å². The average molecular weight is 241 g/mol. The molecule has 0 aliphatic heterocycles. The summed E-state index contributed by atoms with van der Waals surface area (Å²) in [7, 11) is 0. The van der Waals surface area contributed by atoms with Crippen LogP contribution in [0.5, 0.6) is 0 Å². The van der Waals surface area contributed by atoms with Crippen LogP contribution in [0.3, 0.4) is 0 Å². The van der Waals surface area contributed by atoms with Gasteiger partial charge in [0.25, 0.3) is 0 Å². The number of benzene rings is 1. The minimum absolute atomic E-state index is 0.205. The molecule has 0 aliphatic carbocycles. The normalized spacial score (nSPS) is 10.1. The maximum Gasteiger partial charge on any atom is 0.162 e. The van der Waals surface area contributed by atoms with Crippen molar-refractivity contribution in [1.82, 2.24) is 0 Å². The average Bonchev–Trinajstić information content (AvgIpc) is 2.15. The monoisotopic (exact) mass is 240 g/mol. The van der Waals surface area contributed by atoms with Gasteiger partial charge in [0.15, 0.2) is 5.78 Å². The summed E-state index contributed by atoms with van der Waals surface area (Å²) in [5.41, 5.74) is 2.01. The number of hydrogen-bond donors (Lipinski definition) is 0. The van der Waals surface area contributed by atoms with Crippen molar-refractivity contribution in [3.63, 3.8) is 0 Å². The van der Waals surface area contributed by atoms with E-state index in [-0.39, 0.29) is 5.78 Å². The van der Waals surface area contributed by atoms with E-state index >= 15 is 0 Å². The Morgan fingerprint density at radius 3 is 2.54 bits per heavy atom. The van der Waals surface area contributed by atoms with Gasteiger partial charge in [-0.15, -0.1) is 0 Å². The largest absolute Gasteiger partial charge is 0.294 e. The van der Waals surface area contributed by atoms with Gasteiger partial charge in [-0.2, -0.15) is 0 Å². The predicted octanol–water partition coefficient (Wildman–Crippen LogP) is 3.60. The molecule has 0 spiro atoms. The van der Waals surface area contributed by atoms with Crippen molar-refractivity contribution in [2.45, 2.75) is 26.7 Å². The number of halogens is 1. The molecule has 1 aromatic rings. The summed E-state index contributed by atoms with van der Waals surface area (Å²) in [5.74, 6) is 0.205. The van der Waals surface area contributed by atoms with Crippen LogP contribution in [0.2, 0.25) is 0 Å². The van der Waals surface area contributed by atoms with E-state index in [9.17, 15) is 4.79 Å². The van der Waals surface area contributed by atoms with Gasteiger partial charge in [0.05, 0.1) is 0 Å². The third-order valence-electron chi connectivity index (χ3n) is 2.01. The highest BCUT2D eigenvalue weighted by Crippen LogP contribution is 2.17. The lowest BCUT2D eigenvalue weighted by Crippen LogP contribution is -1.97. The molecule has 0 bridgehead atoms. The van der Waals surface area contributed by atoms with E-state index < -0.39 is 0 Å². The van der Waals surface area contributed by atoms with Crippen molar-refractivity contribution >= 4 is 21.7 Å². The van der Waals surface area contributed by atoms with E-state index in [2.05, 4.69) is 22.9 Å². The van der Waals surface area contributed by atoms with Gasteiger partial charge < -0.3 is 0 Å². The van der Waals surface area contributed by atoms with Gasteiger partial charge >= 0.3 is 0 Å². The van der Waals surface area contributed by atoms with Gasteiger partial charge in [0.2, 0.25) is 0 Å². The minimum Gasteiger partial charge on any atom is -0.294 e. The van der Waals surface area contributed by atoms with Crippen molar-refractivity contribution in [3.8, 4) is 0 Å². The van der Waals surface area contributed by atoms with E-state index in [1.165, 1.54) is 5.56 Å². The number of rotatable bonds is 3. The van der Waals surface area contributed by atoms with Gasteiger partial charge in [-0.25, -0.2) is 0 Å². The minimum atomic E-state index is 0.205. The van der Waals surface area contributed by atoms with E-state index in [0.29, 0.717) is 6.42 Å². The van der Waals surface area contributed by atoms with Gasteiger partial charge in [-0.05, 0) is 30.2 Å². The van der Waals surface area contributed by atoms with E-state index in [0.717, 1.165) is 16.5 Å². The van der Waals surface area contributed by atoms with Crippen LogP contribution in [0.4, 0.5) is 0 Å². The lowest BCUT2D eigenvalue weighted by molar-refractivity contribution is 0.0988. The highest BCUT2D eigenvalue weighted by atomic mass is 79.9. The molecule has 0 aliphatic rings. The van der Waals surface area contributed by atoms with E-state index in [4.69, 9.17) is 0 Å². The van der Waals surface area contributed by atoms with Gasteiger partial charge in [0.1, 0.15) is 0 Å². The summed E-state index contributed by atoms with van der Waals surface area (Å²) in [6.07, 6.45) is 1.53. The highest BCUT2D eigenvalue weighted by molar-refractivity contribution is 9.10. The summed E-state index contributed by atoms with van der Waals surface area (Å²) >= 11 is 3.40. The fourth-order valence-electron chi connectivity index (χ4n) is 1.22. The maximum absolute atomic E-state index is 11.4. The molecule has 0 radical (unpaired) electrons. The Morgan fingerprint density at radius 1 is 1.31 bits per heavy atom. The van der Waals surface area contributed by atoms with Crippen molar-refractivity contribution in [3.05, 3.63) is 33.8 Å². The molecule has 0 unspecified atom stereocenters. The Labute approximate surface area is 87.3 Å². The van der Waals surface area contributed by atoms with Crippen LogP contribution in [0.25, 0.3) is 0 Å². The Balaban J connectivity index is 3.08. The first kappa shape index (κ1) is 10.5. The standard InChI is InChI=1S/C11H13BrO/c1-3-8-5-9(11(13)4-2)7-10(12)6-8/h5-7H,3-4H2,1-2H3. The third-order valence-corrected chi connectivity index (χ3v) is 2.47. The molecule has 1 aromatic carbocycles. The van der Waals surface area contributed by atoms with Crippen molar-refractivity contribution in [2.75, 3.05) is 0 Å². The molecule has 0 fully saturated rings. The summed E-state index contributed by atoms with van der Waals surface area (Å²) in [4.78, 5) is 11.4. The van der Waals surface area contributed by atoms with Gasteiger partial charge in [0, 0.05) is 16.5 Å². The number of Topliss-reactive ketones (excluding diaryl/α,β-unsaturated/α-hetero) is 1. The molecule has 1 rings (SSSR count). The number of ketones is 1. The van der Waals surface area contributed by atoms with Gasteiger partial charge in [-0.3, -0.25) is 4.79 Å². The molecule has 0 amide bonds. The molecule has 0 aromatic heterocycles. The lowest BCUT2D eigenvalue weighted by atomic mass is 10.0. The summed E-state index contributed by atoms with van der Waals surface area (Å²) < 4.78 is 0.989. The maximum atomic E-state index is 11.4. The molecule has 0 saturated heterocycles. The van der Waals surface area contributed by atoms with Crippen LogP contribution in [-0.2, 0) is 6.42 Å². The number of carbonyl (C=O) groups is 1. The lowest BCUT2D eigenvalue weighted by Gasteiger charge is -2.02. The Kier molecular flexibility index (Phi) is 3.67. The van der Waals surface area contributed by atoms with Crippen LogP contribution < -0.4 is 0 Å². The van der Waals surface area contributed by atoms with Crippen LogP contribution in [0, 0.1) is 0 Å². The Morgan fingerprint density at radius 2 is 2.00 bits per heavy atom. The molecule has 13 heavy (non-hydrogen) atoms. The first-order valence-electron chi connectivity index (χ1n) is 4.50. The Hall–Kier alpha value is -0.630. The quantitative estimate of drug-likeness (QED) is 0.739. The first-order chi connectivity index (χ1) is 6.17. The molecule has 1 nitrogen and oxygen atoms in total. The van der Waals surface area contributed by atoms with Crippen LogP contribution in [-0.4, -0.2) is 5.78 Å². The number of hydrogen-bond acceptors (Lipinski definition) is 1. The van der Waals surface area contributed by atoms with Crippen molar-refractivity contribution in [1.29, 1.82) is 0 Å². The molecule has 70 valence electrons. The van der Waals surface area contributed by atoms with E-state index in [1.54, 1.807) is 0 Å². The molecular formula is C11H13BrO. The summed E-state index contributed by atoms with van der Waals surface area (Å²) in [6.45, 7) is 3.97. The molecule has 0 atom stereocenters. The van der Waals surface area contributed by atoms with Crippen LogP contribution >= 0.6 is 15.9 Å². The summed E-state index contributed by atoms with van der Waals surface area (Å²) in [6, 6.07) is 5.90. The van der Waals surface area contributed by atoms with Crippen molar-refractivity contribution in [2.24, 2.45) is 0 Å². The van der Waals surface area contributed by atoms with Crippen LogP contribution in [0.1, 0.15) is 36.2 Å². The summed E-state index contributed by atoms with van der Waals surface area (Å²) in [5, 5.41) is 0. The second-order valence-corrected chi connectivity index (χ2v) is 3.89. The SMILES string of the molecule is CCC(=O)c1cc(Br)cc(CC)c1. The fourth-order valence-corrected chi connectivity index (χ4v) is 1.76. The highest BCUT2D eigenvalue weighted by Gasteiger charge is 2.04. The molecule has 0 N–H and O–H groups in total. The number of aryl methyl sites for hydroxylation is 1. The zero-order chi connectivity index (χ0) is 9.84. The Bertz CT molecular complexity index is 318. The predicted molar refractivity (Wildman–Crippen MR) is 58.1 cm³/mol. The van der Waals surface area contributed by atoms with E-state index in [1.807, 2.05) is 25.1 Å². The number of carbonyl (C=O) groups excluding carboxylic acids is 1. The zero-order valence-electron chi connectivity index (χ0n) is 7.93. The third kappa shape index (κ3) is 2.66. The molecule has 2 heteroatoms.